The number of halogens is 1. The van der Waals surface area contributed by atoms with Crippen molar-refractivity contribution in [1.82, 2.24) is 5.43 Å². The molecular formula is C24H23BrN2O3. The normalized spacial score (nSPS) is 10.7. The molecule has 0 unspecified atom stereocenters. The lowest BCUT2D eigenvalue weighted by atomic mass is 10.2. The van der Waals surface area contributed by atoms with Gasteiger partial charge in [0.15, 0.2) is 6.61 Å². The highest BCUT2D eigenvalue weighted by Gasteiger charge is 2.05. The van der Waals surface area contributed by atoms with Gasteiger partial charge in [0.2, 0.25) is 0 Å². The van der Waals surface area contributed by atoms with Gasteiger partial charge in [-0.3, -0.25) is 4.79 Å². The average molecular weight is 467 g/mol. The maximum atomic E-state index is 11.9. The molecule has 3 rings (SSSR count). The molecular weight excluding hydrogens is 444 g/mol. The van der Waals surface area contributed by atoms with Crippen LogP contribution in [0.5, 0.6) is 11.5 Å². The number of amides is 1. The molecule has 30 heavy (non-hydrogen) atoms. The molecule has 6 heteroatoms. The van der Waals surface area contributed by atoms with Crippen molar-refractivity contribution >= 4 is 28.1 Å². The van der Waals surface area contributed by atoms with Crippen LogP contribution in [0.3, 0.4) is 0 Å². The quantitative estimate of drug-likeness (QED) is 0.351. The van der Waals surface area contributed by atoms with Gasteiger partial charge in [0.05, 0.1) is 10.7 Å². The van der Waals surface area contributed by atoms with Gasteiger partial charge in [-0.15, -0.1) is 0 Å². The maximum Gasteiger partial charge on any atom is 0.277 e. The molecule has 0 aliphatic carbocycles. The van der Waals surface area contributed by atoms with Crippen LogP contribution in [0.2, 0.25) is 0 Å². The minimum absolute atomic E-state index is 0.117. The lowest BCUT2D eigenvalue weighted by molar-refractivity contribution is -0.123. The molecule has 0 spiro atoms. The molecule has 3 aromatic carbocycles. The summed E-state index contributed by atoms with van der Waals surface area (Å²) in [6.45, 7) is 2.48. The smallest absolute Gasteiger partial charge is 0.277 e. The minimum atomic E-state index is -0.333. The first-order valence-corrected chi connectivity index (χ1v) is 10.4. The summed E-state index contributed by atoms with van der Waals surface area (Å²) in [6.07, 6.45) is 2.51. The number of ether oxygens (including phenoxy) is 2. The Morgan fingerprint density at radius 2 is 1.77 bits per heavy atom. The van der Waals surface area contributed by atoms with Crippen LogP contribution in [0, 0.1) is 0 Å². The van der Waals surface area contributed by atoms with Gasteiger partial charge >= 0.3 is 0 Å². The third kappa shape index (κ3) is 6.74. The molecule has 1 amide bonds. The van der Waals surface area contributed by atoms with Gasteiger partial charge in [-0.25, -0.2) is 5.43 Å². The molecule has 0 atom stereocenters. The van der Waals surface area contributed by atoms with Crippen LogP contribution in [-0.2, 0) is 17.8 Å². The first-order chi connectivity index (χ1) is 14.6. The van der Waals surface area contributed by atoms with Crippen molar-refractivity contribution in [1.29, 1.82) is 0 Å². The first kappa shape index (κ1) is 21.6. The molecule has 0 aliphatic heterocycles. The fourth-order valence-corrected chi connectivity index (χ4v) is 3.17. The van der Waals surface area contributed by atoms with E-state index in [1.165, 1.54) is 5.56 Å². The Labute approximate surface area is 184 Å². The van der Waals surface area contributed by atoms with Crippen molar-refractivity contribution in [3.05, 3.63) is 94.0 Å². The number of rotatable bonds is 9. The van der Waals surface area contributed by atoms with Gasteiger partial charge in [0.1, 0.15) is 18.1 Å². The molecule has 0 saturated heterocycles. The number of nitrogens with one attached hydrogen (secondary N) is 1. The van der Waals surface area contributed by atoms with E-state index in [4.69, 9.17) is 9.47 Å². The second-order valence-electron chi connectivity index (χ2n) is 6.54. The zero-order valence-corrected chi connectivity index (χ0v) is 18.3. The lowest BCUT2D eigenvalue weighted by Gasteiger charge is -2.08. The lowest BCUT2D eigenvalue weighted by Crippen LogP contribution is -2.24. The van der Waals surface area contributed by atoms with Crippen LogP contribution in [0.1, 0.15) is 23.6 Å². The second-order valence-corrected chi connectivity index (χ2v) is 7.40. The highest BCUT2D eigenvalue weighted by Crippen LogP contribution is 2.26. The number of aryl methyl sites for hydroxylation is 1. The third-order valence-electron chi connectivity index (χ3n) is 4.29. The number of hydrazone groups is 1. The number of carbonyl (C=O) groups excluding carboxylic acids is 1. The summed E-state index contributed by atoms with van der Waals surface area (Å²) >= 11 is 3.45. The zero-order valence-electron chi connectivity index (χ0n) is 16.7. The molecule has 1 N–H and O–H groups in total. The van der Waals surface area contributed by atoms with Crippen LogP contribution in [0.4, 0.5) is 0 Å². The summed E-state index contributed by atoms with van der Waals surface area (Å²) in [5.41, 5.74) is 5.62. The van der Waals surface area contributed by atoms with Crippen LogP contribution in [-0.4, -0.2) is 18.7 Å². The van der Waals surface area contributed by atoms with Crippen LogP contribution < -0.4 is 14.9 Å². The zero-order chi connectivity index (χ0) is 21.2. The van der Waals surface area contributed by atoms with Crippen molar-refractivity contribution in [3.63, 3.8) is 0 Å². The Balaban J connectivity index is 1.42. The molecule has 0 aromatic heterocycles. The Morgan fingerprint density at radius 1 is 1.00 bits per heavy atom. The predicted octanol–water partition coefficient (Wildman–Crippen LogP) is 5.12. The number of hydrogen-bond donors (Lipinski definition) is 1. The Hall–Kier alpha value is -3.12. The third-order valence-corrected chi connectivity index (χ3v) is 4.91. The number of benzene rings is 3. The van der Waals surface area contributed by atoms with E-state index in [1.54, 1.807) is 6.21 Å². The van der Waals surface area contributed by atoms with E-state index in [2.05, 4.69) is 33.4 Å². The SMILES string of the molecule is CCc1ccc(OCC(=O)N/N=C/c2ccc(OCc3ccccc3)cc2)c(Br)c1. The van der Waals surface area contributed by atoms with Crippen molar-refractivity contribution in [2.75, 3.05) is 6.61 Å². The minimum Gasteiger partial charge on any atom is -0.489 e. The highest BCUT2D eigenvalue weighted by atomic mass is 79.9. The van der Waals surface area contributed by atoms with Gasteiger partial charge in [0.25, 0.3) is 5.91 Å². The molecule has 0 heterocycles. The summed E-state index contributed by atoms with van der Waals surface area (Å²) in [6, 6.07) is 23.3. The summed E-state index contributed by atoms with van der Waals surface area (Å²) in [4.78, 5) is 11.9. The van der Waals surface area contributed by atoms with E-state index < -0.39 is 0 Å². The van der Waals surface area contributed by atoms with Gasteiger partial charge in [0, 0.05) is 0 Å². The van der Waals surface area contributed by atoms with E-state index in [0.29, 0.717) is 12.4 Å². The summed E-state index contributed by atoms with van der Waals surface area (Å²) in [7, 11) is 0. The van der Waals surface area contributed by atoms with Crippen molar-refractivity contribution < 1.29 is 14.3 Å². The Bertz CT molecular complexity index is 989. The maximum absolute atomic E-state index is 11.9. The van der Waals surface area contributed by atoms with Gasteiger partial charge in [-0.1, -0.05) is 43.3 Å². The fraction of sp³-hybridized carbons (Fsp3) is 0.167. The molecule has 0 saturated carbocycles. The van der Waals surface area contributed by atoms with E-state index in [-0.39, 0.29) is 12.5 Å². The average Bonchev–Trinajstić information content (AvgIpc) is 2.78. The summed E-state index contributed by atoms with van der Waals surface area (Å²) in [5, 5.41) is 3.97. The molecule has 5 nitrogen and oxygen atoms in total. The number of carbonyl (C=O) groups is 1. The molecule has 0 fully saturated rings. The number of hydrogen-bond acceptors (Lipinski definition) is 4. The molecule has 154 valence electrons. The summed E-state index contributed by atoms with van der Waals surface area (Å²) in [5.74, 6) is 1.06. The second kappa shape index (κ2) is 11.2. The predicted molar refractivity (Wildman–Crippen MR) is 122 cm³/mol. The fourth-order valence-electron chi connectivity index (χ4n) is 2.63. The van der Waals surface area contributed by atoms with Gasteiger partial charge in [-0.2, -0.15) is 5.10 Å². The number of nitrogens with zero attached hydrogens (tertiary/aromatic N) is 1. The van der Waals surface area contributed by atoms with E-state index >= 15 is 0 Å². The summed E-state index contributed by atoms with van der Waals surface area (Å²) < 4.78 is 12.1. The Morgan fingerprint density at radius 3 is 2.47 bits per heavy atom. The van der Waals surface area contributed by atoms with Crippen molar-refractivity contribution in [2.45, 2.75) is 20.0 Å². The first-order valence-electron chi connectivity index (χ1n) is 9.64. The van der Waals surface area contributed by atoms with E-state index in [0.717, 1.165) is 27.8 Å². The van der Waals surface area contributed by atoms with Gasteiger partial charge < -0.3 is 9.47 Å². The van der Waals surface area contributed by atoms with Gasteiger partial charge in [-0.05, 0) is 75.4 Å². The molecule has 3 aromatic rings. The largest absolute Gasteiger partial charge is 0.489 e. The Kier molecular flexibility index (Phi) is 8.03. The van der Waals surface area contributed by atoms with Crippen LogP contribution in [0.25, 0.3) is 0 Å². The van der Waals surface area contributed by atoms with Crippen molar-refractivity contribution in [2.24, 2.45) is 5.10 Å². The highest BCUT2D eigenvalue weighted by molar-refractivity contribution is 9.10. The standard InChI is InChI=1S/C24H23BrN2O3/c1-2-18-10-13-23(22(25)14-18)30-17-24(28)27-26-15-19-8-11-21(12-9-19)29-16-20-6-4-3-5-7-20/h3-15H,2,16-17H2,1H3,(H,27,28)/b26-15+. The molecule has 0 bridgehead atoms. The monoisotopic (exact) mass is 466 g/mol. The topological polar surface area (TPSA) is 59.9 Å². The molecule has 0 radical (unpaired) electrons. The van der Waals surface area contributed by atoms with Crippen LogP contribution in [0.15, 0.2) is 82.4 Å². The van der Waals surface area contributed by atoms with E-state index in [1.807, 2.05) is 72.8 Å². The van der Waals surface area contributed by atoms with Crippen molar-refractivity contribution in [3.8, 4) is 11.5 Å². The van der Waals surface area contributed by atoms with E-state index in [9.17, 15) is 4.79 Å². The van der Waals surface area contributed by atoms with Crippen LogP contribution >= 0.6 is 15.9 Å². The molecule has 0 aliphatic rings.